The molecule has 0 heterocycles. The molecule has 0 radical (unpaired) electrons. The first-order valence-electron chi connectivity index (χ1n) is 2.76. The summed E-state index contributed by atoms with van der Waals surface area (Å²) in [7, 11) is 3.88. The van der Waals surface area contributed by atoms with E-state index in [0.29, 0.717) is 0 Å². The van der Waals surface area contributed by atoms with Crippen LogP contribution in [0.2, 0.25) is 0 Å². The minimum Gasteiger partial charge on any atom is -0.404 e. The zero-order chi connectivity index (χ0) is 7.28. The number of hydrogen-bond donors (Lipinski definition) is 2. The van der Waals surface area contributed by atoms with Crippen LogP contribution >= 0.6 is 0 Å². The first kappa shape index (κ1) is 8.17. The molecular weight excluding hydrogens is 114 g/mol. The SMILES string of the molecule is CN(C)C/C(C=N)=C/N. The molecule has 0 unspecified atom stereocenters. The highest BCUT2D eigenvalue weighted by Gasteiger charge is 1.91. The zero-order valence-electron chi connectivity index (χ0n) is 5.89. The number of rotatable bonds is 3. The van der Waals surface area contributed by atoms with Crippen molar-refractivity contribution < 1.29 is 0 Å². The maximum atomic E-state index is 6.85. The van der Waals surface area contributed by atoms with Crippen molar-refractivity contribution >= 4 is 6.21 Å². The lowest BCUT2D eigenvalue weighted by Crippen LogP contribution is -2.16. The van der Waals surface area contributed by atoms with Crippen molar-refractivity contribution in [1.82, 2.24) is 4.90 Å². The second kappa shape index (κ2) is 4.09. The van der Waals surface area contributed by atoms with Gasteiger partial charge in [0, 0.05) is 12.8 Å². The Morgan fingerprint density at radius 3 is 2.33 bits per heavy atom. The topological polar surface area (TPSA) is 53.1 Å². The van der Waals surface area contributed by atoms with Gasteiger partial charge in [-0.15, -0.1) is 0 Å². The lowest BCUT2D eigenvalue weighted by atomic mass is 10.3. The molecule has 0 fully saturated rings. The molecule has 0 amide bonds. The predicted octanol–water partition coefficient (Wildman–Crippen LogP) is 0.0402. The van der Waals surface area contributed by atoms with Gasteiger partial charge in [-0.3, -0.25) is 0 Å². The van der Waals surface area contributed by atoms with E-state index in [1.807, 2.05) is 19.0 Å². The first-order valence-corrected chi connectivity index (χ1v) is 2.76. The Morgan fingerprint density at radius 1 is 1.67 bits per heavy atom. The summed E-state index contributed by atoms with van der Waals surface area (Å²) in [4.78, 5) is 1.96. The van der Waals surface area contributed by atoms with E-state index in [2.05, 4.69) is 0 Å². The molecule has 52 valence electrons. The molecule has 3 nitrogen and oxygen atoms in total. The van der Waals surface area contributed by atoms with Gasteiger partial charge in [0.25, 0.3) is 0 Å². The second-order valence-electron chi connectivity index (χ2n) is 2.12. The summed E-state index contributed by atoms with van der Waals surface area (Å²) in [6.07, 6.45) is 2.72. The van der Waals surface area contributed by atoms with Crippen molar-refractivity contribution in [2.24, 2.45) is 5.73 Å². The highest BCUT2D eigenvalue weighted by atomic mass is 15.0. The Hall–Kier alpha value is -0.830. The smallest absolute Gasteiger partial charge is 0.0256 e. The highest BCUT2D eigenvalue weighted by Crippen LogP contribution is 1.87. The predicted molar refractivity (Wildman–Crippen MR) is 39.6 cm³/mol. The van der Waals surface area contributed by atoms with Crippen molar-refractivity contribution in [3.05, 3.63) is 11.8 Å². The Labute approximate surface area is 55.7 Å². The van der Waals surface area contributed by atoms with E-state index in [0.717, 1.165) is 12.1 Å². The Kier molecular flexibility index (Phi) is 3.71. The fourth-order valence-electron chi connectivity index (χ4n) is 0.512. The van der Waals surface area contributed by atoms with E-state index >= 15 is 0 Å². The summed E-state index contributed by atoms with van der Waals surface area (Å²) in [5.74, 6) is 0. The van der Waals surface area contributed by atoms with Crippen LogP contribution < -0.4 is 5.73 Å². The first-order chi connectivity index (χ1) is 4.20. The molecule has 0 aromatic rings. The van der Waals surface area contributed by atoms with Gasteiger partial charge in [0.05, 0.1) is 0 Å². The maximum Gasteiger partial charge on any atom is 0.0256 e. The number of nitrogens with one attached hydrogen (secondary N) is 1. The summed E-state index contributed by atoms with van der Waals surface area (Å²) in [5.41, 5.74) is 6.02. The molecule has 0 saturated carbocycles. The number of nitrogens with two attached hydrogens (primary N) is 1. The van der Waals surface area contributed by atoms with Gasteiger partial charge in [0.1, 0.15) is 0 Å². The minimum atomic E-state index is 0.736. The van der Waals surface area contributed by atoms with Crippen LogP contribution in [0.15, 0.2) is 11.8 Å². The van der Waals surface area contributed by atoms with E-state index in [9.17, 15) is 0 Å². The van der Waals surface area contributed by atoms with Crippen LogP contribution in [0, 0.1) is 5.41 Å². The Morgan fingerprint density at radius 2 is 2.22 bits per heavy atom. The monoisotopic (exact) mass is 127 g/mol. The van der Waals surface area contributed by atoms with Crippen LogP contribution in [-0.2, 0) is 0 Å². The van der Waals surface area contributed by atoms with E-state index < -0.39 is 0 Å². The molecule has 0 atom stereocenters. The summed E-state index contributed by atoms with van der Waals surface area (Å²) < 4.78 is 0. The van der Waals surface area contributed by atoms with Gasteiger partial charge < -0.3 is 16.0 Å². The Bertz CT molecular complexity index is 115. The molecule has 0 spiro atoms. The highest BCUT2D eigenvalue weighted by molar-refractivity contribution is 5.75. The molecule has 0 aliphatic rings. The fourth-order valence-corrected chi connectivity index (χ4v) is 0.512. The number of hydrogen-bond acceptors (Lipinski definition) is 3. The maximum absolute atomic E-state index is 6.85. The summed E-state index contributed by atoms with van der Waals surface area (Å²) in [5, 5.41) is 6.85. The average molecular weight is 127 g/mol. The molecule has 0 aromatic heterocycles. The molecule has 0 aliphatic carbocycles. The standard InChI is InChI=1S/C6H13N3/c1-9(2)5-6(3-7)4-8/h3-4,7H,5,8H2,1-2H3/b6-4+,7-3?. The normalized spacial score (nSPS) is 12.1. The zero-order valence-corrected chi connectivity index (χ0v) is 5.89. The molecule has 0 saturated heterocycles. The second-order valence-corrected chi connectivity index (χ2v) is 2.12. The lowest BCUT2D eigenvalue weighted by molar-refractivity contribution is 0.451. The van der Waals surface area contributed by atoms with E-state index in [1.54, 1.807) is 0 Å². The molecule has 0 aromatic carbocycles. The van der Waals surface area contributed by atoms with Gasteiger partial charge in [0.2, 0.25) is 0 Å². The molecule has 3 heteroatoms. The van der Waals surface area contributed by atoms with Crippen LogP contribution in [0.25, 0.3) is 0 Å². The number of likely N-dealkylation sites (N-methyl/N-ethyl adjacent to an activating group) is 1. The van der Waals surface area contributed by atoms with Crippen LogP contribution in [0.4, 0.5) is 0 Å². The molecule has 0 aliphatic heterocycles. The van der Waals surface area contributed by atoms with Crippen LogP contribution in [-0.4, -0.2) is 31.8 Å². The van der Waals surface area contributed by atoms with Gasteiger partial charge in [-0.05, 0) is 25.9 Å². The molecule has 0 rings (SSSR count). The molecule has 9 heavy (non-hydrogen) atoms. The van der Waals surface area contributed by atoms with Crippen molar-refractivity contribution in [3.63, 3.8) is 0 Å². The summed E-state index contributed by atoms with van der Waals surface area (Å²) >= 11 is 0. The molecular formula is C6H13N3. The third kappa shape index (κ3) is 3.73. The average Bonchev–Trinajstić information content (AvgIpc) is 1.82. The Balaban J connectivity index is 3.71. The van der Waals surface area contributed by atoms with E-state index in [-0.39, 0.29) is 0 Å². The van der Waals surface area contributed by atoms with Crippen molar-refractivity contribution in [1.29, 1.82) is 5.41 Å². The van der Waals surface area contributed by atoms with E-state index in [1.165, 1.54) is 12.4 Å². The van der Waals surface area contributed by atoms with Crippen molar-refractivity contribution in [3.8, 4) is 0 Å². The molecule has 0 bridgehead atoms. The third-order valence-electron chi connectivity index (χ3n) is 0.898. The summed E-state index contributed by atoms with van der Waals surface area (Å²) in [6, 6.07) is 0. The van der Waals surface area contributed by atoms with Gasteiger partial charge >= 0.3 is 0 Å². The fraction of sp³-hybridized carbons (Fsp3) is 0.500. The largest absolute Gasteiger partial charge is 0.404 e. The summed E-state index contributed by atoms with van der Waals surface area (Å²) in [6.45, 7) is 0.736. The van der Waals surface area contributed by atoms with Gasteiger partial charge in [0.15, 0.2) is 0 Å². The van der Waals surface area contributed by atoms with Crippen LogP contribution in [0.5, 0.6) is 0 Å². The van der Waals surface area contributed by atoms with Gasteiger partial charge in [-0.2, -0.15) is 0 Å². The van der Waals surface area contributed by atoms with Crippen molar-refractivity contribution in [2.45, 2.75) is 0 Å². The van der Waals surface area contributed by atoms with Crippen molar-refractivity contribution in [2.75, 3.05) is 20.6 Å². The number of nitrogens with zero attached hydrogens (tertiary/aromatic N) is 1. The third-order valence-corrected chi connectivity index (χ3v) is 0.898. The van der Waals surface area contributed by atoms with Crippen LogP contribution in [0.1, 0.15) is 0 Å². The molecule has 3 N–H and O–H groups in total. The van der Waals surface area contributed by atoms with E-state index in [4.69, 9.17) is 11.1 Å². The lowest BCUT2D eigenvalue weighted by Gasteiger charge is -2.07. The van der Waals surface area contributed by atoms with Gasteiger partial charge in [-0.25, -0.2) is 0 Å². The van der Waals surface area contributed by atoms with Gasteiger partial charge in [-0.1, -0.05) is 0 Å². The quantitative estimate of drug-likeness (QED) is 0.526. The minimum absolute atomic E-state index is 0.736. The van der Waals surface area contributed by atoms with Crippen LogP contribution in [0.3, 0.4) is 0 Å².